The molecular formula is C15H20N4O. The quantitative estimate of drug-likeness (QED) is 0.442. The molecule has 2 rings (SSSR count). The number of hydrogen-bond acceptors (Lipinski definition) is 2. The van der Waals surface area contributed by atoms with Crippen LogP contribution in [0.3, 0.4) is 0 Å². The van der Waals surface area contributed by atoms with Crippen LogP contribution < -0.4 is 4.90 Å². The van der Waals surface area contributed by atoms with Crippen molar-refractivity contribution in [3.05, 3.63) is 40.3 Å². The predicted octanol–water partition coefficient (Wildman–Crippen LogP) is 3.69. The second kappa shape index (κ2) is 6.96. The van der Waals surface area contributed by atoms with E-state index in [-0.39, 0.29) is 11.8 Å². The van der Waals surface area contributed by atoms with Gasteiger partial charge in [-0.25, -0.2) is 0 Å². The molecular weight excluding hydrogens is 252 g/mol. The minimum atomic E-state index is 0.115. The van der Waals surface area contributed by atoms with Crippen molar-refractivity contribution in [3.63, 3.8) is 0 Å². The fraction of sp³-hybridized carbons (Fsp3) is 0.533. The Morgan fingerprint density at radius 1 is 1.40 bits per heavy atom. The van der Waals surface area contributed by atoms with Gasteiger partial charge >= 0.3 is 0 Å². The molecule has 106 valence electrons. The largest absolute Gasteiger partial charge is 0.312 e. The highest BCUT2D eigenvalue weighted by atomic mass is 16.2. The van der Waals surface area contributed by atoms with E-state index in [1.165, 1.54) is 18.4 Å². The van der Waals surface area contributed by atoms with Crippen molar-refractivity contribution in [2.45, 2.75) is 32.6 Å². The minimum Gasteiger partial charge on any atom is -0.312 e. The van der Waals surface area contributed by atoms with Gasteiger partial charge in [0, 0.05) is 30.1 Å². The van der Waals surface area contributed by atoms with Crippen molar-refractivity contribution >= 4 is 11.6 Å². The van der Waals surface area contributed by atoms with Gasteiger partial charge in [0.1, 0.15) is 0 Å². The molecule has 5 nitrogen and oxygen atoms in total. The molecule has 1 aliphatic heterocycles. The standard InChI is InChI=1S/C15H20N4O/c1-2-3-4-12-5-7-14(8-6-12)19-11-13(9-15(19)20)10-17-18-16/h5-8,13H,2-4,9-11H2,1H3. The molecule has 0 aromatic heterocycles. The van der Waals surface area contributed by atoms with Crippen molar-refractivity contribution in [2.24, 2.45) is 11.0 Å². The van der Waals surface area contributed by atoms with Gasteiger partial charge in [-0.3, -0.25) is 4.79 Å². The van der Waals surface area contributed by atoms with E-state index in [1.807, 2.05) is 12.1 Å². The van der Waals surface area contributed by atoms with Gasteiger partial charge in [0.25, 0.3) is 0 Å². The number of carbonyl (C=O) groups excluding carboxylic acids is 1. The fourth-order valence-corrected chi connectivity index (χ4v) is 2.53. The summed E-state index contributed by atoms with van der Waals surface area (Å²) in [5, 5.41) is 3.57. The molecule has 1 unspecified atom stereocenters. The molecule has 1 aromatic rings. The third-order valence-corrected chi connectivity index (χ3v) is 3.68. The Bertz CT molecular complexity index is 505. The number of carbonyl (C=O) groups is 1. The number of rotatable bonds is 6. The van der Waals surface area contributed by atoms with E-state index < -0.39 is 0 Å². The van der Waals surface area contributed by atoms with Gasteiger partial charge in [-0.15, -0.1) is 0 Å². The summed E-state index contributed by atoms with van der Waals surface area (Å²) < 4.78 is 0. The molecule has 20 heavy (non-hydrogen) atoms. The zero-order chi connectivity index (χ0) is 14.4. The van der Waals surface area contributed by atoms with E-state index in [0.717, 1.165) is 12.1 Å². The molecule has 5 heteroatoms. The Morgan fingerprint density at radius 3 is 2.80 bits per heavy atom. The van der Waals surface area contributed by atoms with Gasteiger partial charge in [-0.1, -0.05) is 30.6 Å². The molecule has 1 atom stereocenters. The van der Waals surface area contributed by atoms with Crippen LogP contribution in [0.5, 0.6) is 0 Å². The molecule has 0 aliphatic carbocycles. The Balaban J connectivity index is 2.00. The normalized spacial score (nSPS) is 18.1. The second-order valence-corrected chi connectivity index (χ2v) is 5.26. The van der Waals surface area contributed by atoms with E-state index in [9.17, 15) is 4.79 Å². The third-order valence-electron chi connectivity index (χ3n) is 3.68. The van der Waals surface area contributed by atoms with E-state index in [2.05, 4.69) is 29.1 Å². The highest BCUT2D eigenvalue weighted by Crippen LogP contribution is 2.25. The van der Waals surface area contributed by atoms with Crippen molar-refractivity contribution < 1.29 is 4.79 Å². The Hall–Kier alpha value is -2.00. The highest BCUT2D eigenvalue weighted by molar-refractivity contribution is 5.95. The van der Waals surface area contributed by atoms with Crippen LogP contribution in [0.1, 0.15) is 31.7 Å². The molecule has 0 radical (unpaired) electrons. The summed E-state index contributed by atoms with van der Waals surface area (Å²) in [4.78, 5) is 16.5. The lowest BCUT2D eigenvalue weighted by molar-refractivity contribution is -0.117. The fourth-order valence-electron chi connectivity index (χ4n) is 2.53. The maximum atomic E-state index is 12.0. The molecule has 0 N–H and O–H groups in total. The summed E-state index contributed by atoms with van der Waals surface area (Å²) in [5.74, 6) is 0.252. The summed E-state index contributed by atoms with van der Waals surface area (Å²) in [7, 11) is 0. The minimum absolute atomic E-state index is 0.115. The van der Waals surface area contributed by atoms with E-state index >= 15 is 0 Å². The molecule has 1 fully saturated rings. The summed E-state index contributed by atoms with van der Waals surface area (Å²) in [5.41, 5.74) is 10.6. The maximum absolute atomic E-state index is 12.0. The number of nitrogens with zero attached hydrogens (tertiary/aromatic N) is 4. The van der Waals surface area contributed by atoms with Crippen LogP contribution in [-0.4, -0.2) is 19.0 Å². The first kappa shape index (κ1) is 14.4. The average molecular weight is 272 g/mol. The summed E-state index contributed by atoms with van der Waals surface area (Å²) in [6.07, 6.45) is 3.94. The van der Waals surface area contributed by atoms with Crippen LogP contribution >= 0.6 is 0 Å². The first-order chi connectivity index (χ1) is 9.74. The zero-order valence-electron chi connectivity index (χ0n) is 11.8. The van der Waals surface area contributed by atoms with E-state index in [1.54, 1.807) is 4.90 Å². The average Bonchev–Trinajstić information content (AvgIpc) is 2.84. The monoisotopic (exact) mass is 272 g/mol. The van der Waals surface area contributed by atoms with Crippen LogP contribution in [0.2, 0.25) is 0 Å². The topological polar surface area (TPSA) is 69.1 Å². The van der Waals surface area contributed by atoms with Crippen LogP contribution in [0.15, 0.2) is 29.4 Å². The van der Waals surface area contributed by atoms with Crippen molar-refractivity contribution in [3.8, 4) is 0 Å². The van der Waals surface area contributed by atoms with Gasteiger partial charge in [0.15, 0.2) is 0 Å². The first-order valence-electron chi connectivity index (χ1n) is 7.14. The number of benzene rings is 1. The Morgan fingerprint density at radius 2 is 2.15 bits per heavy atom. The number of azide groups is 1. The van der Waals surface area contributed by atoms with Crippen molar-refractivity contribution in [2.75, 3.05) is 18.0 Å². The number of unbranched alkanes of at least 4 members (excludes halogenated alkanes) is 1. The molecule has 1 saturated heterocycles. The lowest BCUT2D eigenvalue weighted by atomic mass is 10.1. The molecule has 1 amide bonds. The van der Waals surface area contributed by atoms with E-state index in [4.69, 9.17) is 5.53 Å². The van der Waals surface area contributed by atoms with Gasteiger partial charge in [0.05, 0.1) is 0 Å². The van der Waals surface area contributed by atoms with Gasteiger partial charge in [-0.05, 0) is 42.0 Å². The van der Waals surface area contributed by atoms with Crippen LogP contribution in [0, 0.1) is 5.92 Å². The van der Waals surface area contributed by atoms with Gasteiger partial charge < -0.3 is 4.90 Å². The molecule has 1 heterocycles. The van der Waals surface area contributed by atoms with E-state index in [0.29, 0.717) is 19.5 Å². The Labute approximate surface area is 119 Å². The van der Waals surface area contributed by atoms with Crippen LogP contribution in [-0.2, 0) is 11.2 Å². The number of amides is 1. The number of aryl methyl sites for hydroxylation is 1. The first-order valence-corrected chi connectivity index (χ1v) is 7.14. The SMILES string of the molecule is CCCCc1ccc(N2CC(CN=[N+]=[N-])CC2=O)cc1. The lowest BCUT2D eigenvalue weighted by Gasteiger charge is -2.17. The second-order valence-electron chi connectivity index (χ2n) is 5.26. The van der Waals surface area contributed by atoms with Crippen molar-refractivity contribution in [1.82, 2.24) is 0 Å². The third kappa shape index (κ3) is 3.52. The Kier molecular flexibility index (Phi) is 5.02. The molecule has 0 bridgehead atoms. The number of hydrogen-bond donors (Lipinski definition) is 0. The number of anilines is 1. The van der Waals surface area contributed by atoms with Crippen molar-refractivity contribution in [1.29, 1.82) is 0 Å². The van der Waals surface area contributed by atoms with Gasteiger partial charge in [0.2, 0.25) is 5.91 Å². The molecule has 1 aliphatic rings. The maximum Gasteiger partial charge on any atom is 0.227 e. The lowest BCUT2D eigenvalue weighted by Crippen LogP contribution is -2.24. The summed E-state index contributed by atoms with van der Waals surface area (Å²) in [6.45, 7) is 3.22. The van der Waals surface area contributed by atoms with Crippen LogP contribution in [0.4, 0.5) is 5.69 Å². The smallest absolute Gasteiger partial charge is 0.227 e. The van der Waals surface area contributed by atoms with Gasteiger partial charge in [-0.2, -0.15) is 0 Å². The highest BCUT2D eigenvalue weighted by Gasteiger charge is 2.29. The zero-order valence-corrected chi connectivity index (χ0v) is 11.8. The summed E-state index contributed by atoms with van der Waals surface area (Å²) in [6, 6.07) is 8.22. The summed E-state index contributed by atoms with van der Waals surface area (Å²) >= 11 is 0. The molecule has 1 aromatic carbocycles. The molecule has 0 spiro atoms. The van der Waals surface area contributed by atoms with Crippen LogP contribution in [0.25, 0.3) is 10.4 Å². The predicted molar refractivity (Wildman–Crippen MR) is 79.5 cm³/mol. The molecule has 0 saturated carbocycles.